The highest BCUT2D eigenvalue weighted by Crippen LogP contribution is 2.31. The fraction of sp³-hybridized carbons (Fsp3) is 0.208. The normalized spacial score (nSPS) is 16.4. The number of hydrogen-bond acceptors (Lipinski definition) is 5. The first-order chi connectivity index (χ1) is 15.8. The molecule has 1 aromatic heterocycles. The zero-order chi connectivity index (χ0) is 23.5. The van der Waals surface area contributed by atoms with Crippen LogP contribution in [0.25, 0.3) is 0 Å². The van der Waals surface area contributed by atoms with Crippen LogP contribution in [0, 0.1) is 5.82 Å². The summed E-state index contributed by atoms with van der Waals surface area (Å²) in [6, 6.07) is 16.2. The number of nitrogens with zero attached hydrogens (tertiary/aromatic N) is 2. The number of anilines is 2. The van der Waals surface area contributed by atoms with E-state index in [2.05, 4.69) is 10.3 Å². The van der Waals surface area contributed by atoms with Crippen molar-refractivity contribution < 1.29 is 23.8 Å². The van der Waals surface area contributed by atoms with Gasteiger partial charge in [-0.05, 0) is 54.8 Å². The largest absolute Gasteiger partial charge is 0.476 e. The van der Waals surface area contributed by atoms with Gasteiger partial charge in [0, 0.05) is 6.04 Å². The van der Waals surface area contributed by atoms with Crippen LogP contribution < -0.4 is 10.2 Å². The number of hydrogen-bond donors (Lipinski definition) is 2. The van der Waals surface area contributed by atoms with Crippen LogP contribution in [0.2, 0.25) is 5.15 Å². The number of carboxylic acid groups (broad SMARTS) is 1. The number of halogens is 2. The molecule has 0 bridgehead atoms. The van der Waals surface area contributed by atoms with E-state index in [0.717, 1.165) is 5.56 Å². The van der Waals surface area contributed by atoms with Crippen molar-refractivity contribution >= 4 is 35.0 Å². The standard InChI is InChI=1S/C24H21ClFN3O4/c1-14(27-20-7-8-21(25)28-22(20)23(30)31)16-10-17(26)12-18(11-16)29-19(13-33-24(29)32)9-15-5-3-2-4-6-15/h2-8,10-12,14,19,27H,9,13H2,1H3,(H,30,31)/t14-,19+/m1/s1. The summed E-state index contributed by atoms with van der Waals surface area (Å²) in [7, 11) is 0. The Kier molecular flexibility index (Phi) is 6.46. The van der Waals surface area contributed by atoms with Crippen molar-refractivity contribution in [2.24, 2.45) is 0 Å². The van der Waals surface area contributed by atoms with Gasteiger partial charge in [-0.25, -0.2) is 19.0 Å². The number of aromatic nitrogens is 1. The Hall–Kier alpha value is -3.65. The molecule has 3 aromatic rings. The second-order valence-corrected chi connectivity index (χ2v) is 8.12. The first-order valence-corrected chi connectivity index (χ1v) is 10.7. The molecule has 0 spiro atoms. The Bertz CT molecular complexity index is 1190. The van der Waals surface area contributed by atoms with Gasteiger partial charge in [0.2, 0.25) is 0 Å². The maximum Gasteiger partial charge on any atom is 0.414 e. The number of pyridine rings is 1. The lowest BCUT2D eigenvalue weighted by atomic mass is 10.0. The van der Waals surface area contributed by atoms with Gasteiger partial charge in [-0.15, -0.1) is 0 Å². The SMILES string of the molecule is C[C@@H](Nc1ccc(Cl)nc1C(=O)O)c1cc(F)cc(N2C(=O)OC[C@@H]2Cc2ccccc2)c1. The zero-order valence-electron chi connectivity index (χ0n) is 17.7. The minimum Gasteiger partial charge on any atom is -0.476 e. The molecular formula is C24H21ClFN3O4. The van der Waals surface area contributed by atoms with Crippen LogP contribution in [-0.4, -0.2) is 34.8 Å². The molecule has 2 aromatic carbocycles. The summed E-state index contributed by atoms with van der Waals surface area (Å²) >= 11 is 5.81. The fourth-order valence-corrected chi connectivity index (χ4v) is 3.98. The number of cyclic esters (lactones) is 1. The van der Waals surface area contributed by atoms with Crippen LogP contribution in [0.5, 0.6) is 0 Å². The van der Waals surface area contributed by atoms with Gasteiger partial charge in [0.1, 0.15) is 17.6 Å². The van der Waals surface area contributed by atoms with Crippen molar-refractivity contribution in [1.29, 1.82) is 0 Å². The Labute approximate surface area is 194 Å². The van der Waals surface area contributed by atoms with E-state index in [9.17, 15) is 19.1 Å². The number of aromatic carboxylic acids is 1. The maximum atomic E-state index is 14.6. The van der Waals surface area contributed by atoms with Crippen LogP contribution in [-0.2, 0) is 11.2 Å². The molecule has 0 radical (unpaired) electrons. The van der Waals surface area contributed by atoms with E-state index in [1.165, 1.54) is 29.2 Å². The topological polar surface area (TPSA) is 91.8 Å². The zero-order valence-corrected chi connectivity index (χ0v) is 18.4. The number of carboxylic acids is 1. The van der Waals surface area contributed by atoms with Crippen molar-refractivity contribution in [2.45, 2.75) is 25.4 Å². The van der Waals surface area contributed by atoms with Crippen molar-refractivity contribution in [3.05, 3.63) is 88.5 Å². The van der Waals surface area contributed by atoms with Gasteiger partial charge < -0.3 is 15.2 Å². The molecule has 0 aliphatic carbocycles. The molecule has 2 heterocycles. The summed E-state index contributed by atoms with van der Waals surface area (Å²) in [6.07, 6.45) is 0.0214. The second-order valence-electron chi connectivity index (χ2n) is 7.73. The number of nitrogens with one attached hydrogen (secondary N) is 1. The third-order valence-corrected chi connectivity index (χ3v) is 5.60. The van der Waals surface area contributed by atoms with Gasteiger partial charge in [0.05, 0.1) is 17.4 Å². The molecule has 1 fully saturated rings. The molecule has 9 heteroatoms. The molecule has 1 aliphatic rings. The predicted molar refractivity (Wildman–Crippen MR) is 122 cm³/mol. The number of benzene rings is 2. The maximum absolute atomic E-state index is 14.6. The smallest absolute Gasteiger partial charge is 0.414 e. The molecule has 2 atom stereocenters. The Morgan fingerprint density at radius 3 is 2.76 bits per heavy atom. The summed E-state index contributed by atoms with van der Waals surface area (Å²) < 4.78 is 19.8. The number of carbonyl (C=O) groups excluding carboxylic acids is 1. The number of rotatable bonds is 7. The summed E-state index contributed by atoms with van der Waals surface area (Å²) in [5.41, 5.74) is 1.93. The van der Waals surface area contributed by atoms with Crippen LogP contribution in [0.1, 0.15) is 34.6 Å². The van der Waals surface area contributed by atoms with E-state index in [-0.39, 0.29) is 29.2 Å². The van der Waals surface area contributed by atoms with Gasteiger partial charge in [-0.1, -0.05) is 41.9 Å². The summed E-state index contributed by atoms with van der Waals surface area (Å²) in [5, 5.41) is 12.5. The first kappa shape index (κ1) is 22.5. The van der Waals surface area contributed by atoms with E-state index in [1.807, 2.05) is 30.3 Å². The molecule has 7 nitrogen and oxygen atoms in total. The minimum absolute atomic E-state index is 0.0515. The Balaban J connectivity index is 1.61. The average Bonchev–Trinajstić information content (AvgIpc) is 3.14. The lowest BCUT2D eigenvalue weighted by Gasteiger charge is -2.24. The van der Waals surface area contributed by atoms with Crippen molar-refractivity contribution in [3.63, 3.8) is 0 Å². The molecule has 1 saturated heterocycles. The molecule has 0 saturated carbocycles. The third-order valence-electron chi connectivity index (χ3n) is 5.39. The van der Waals surface area contributed by atoms with Crippen LogP contribution in [0.4, 0.5) is 20.6 Å². The highest BCUT2D eigenvalue weighted by Gasteiger charge is 2.35. The molecular weight excluding hydrogens is 449 g/mol. The van der Waals surface area contributed by atoms with E-state index in [1.54, 1.807) is 13.0 Å². The van der Waals surface area contributed by atoms with Gasteiger partial charge in [-0.2, -0.15) is 0 Å². The fourth-order valence-electron chi connectivity index (χ4n) is 3.83. The molecule has 33 heavy (non-hydrogen) atoms. The van der Waals surface area contributed by atoms with Crippen molar-refractivity contribution in [1.82, 2.24) is 4.98 Å². The molecule has 0 unspecified atom stereocenters. The Morgan fingerprint density at radius 1 is 1.27 bits per heavy atom. The van der Waals surface area contributed by atoms with E-state index in [4.69, 9.17) is 16.3 Å². The molecule has 2 N–H and O–H groups in total. The van der Waals surface area contributed by atoms with Crippen LogP contribution in [0.15, 0.2) is 60.7 Å². The van der Waals surface area contributed by atoms with Gasteiger partial charge in [0.25, 0.3) is 0 Å². The highest BCUT2D eigenvalue weighted by atomic mass is 35.5. The number of carbonyl (C=O) groups is 2. The molecule has 4 rings (SSSR count). The highest BCUT2D eigenvalue weighted by molar-refractivity contribution is 6.29. The van der Waals surface area contributed by atoms with Crippen LogP contribution >= 0.6 is 11.6 Å². The summed E-state index contributed by atoms with van der Waals surface area (Å²) in [6.45, 7) is 1.95. The summed E-state index contributed by atoms with van der Waals surface area (Å²) in [4.78, 5) is 29.3. The van der Waals surface area contributed by atoms with E-state index < -0.39 is 23.9 Å². The third kappa shape index (κ3) is 5.06. The number of amides is 1. The minimum atomic E-state index is -1.24. The molecule has 170 valence electrons. The quantitative estimate of drug-likeness (QED) is 0.455. The number of ether oxygens (including phenoxy) is 1. The van der Waals surface area contributed by atoms with Gasteiger partial charge in [0.15, 0.2) is 5.69 Å². The van der Waals surface area contributed by atoms with Gasteiger partial charge in [-0.3, -0.25) is 4.90 Å². The first-order valence-electron chi connectivity index (χ1n) is 10.3. The van der Waals surface area contributed by atoms with Crippen molar-refractivity contribution in [2.75, 3.05) is 16.8 Å². The second kappa shape index (κ2) is 9.46. The predicted octanol–water partition coefficient (Wildman–Crippen LogP) is 5.31. The molecule has 1 amide bonds. The monoisotopic (exact) mass is 469 g/mol. The van der Waals surface area contributed by atoms with Gasteiger partial charge >= 0.3 is 12.1 Å². The lowest BCUT2D eigenvalue weighted by molar-refractivity contribution is 0.0691. The van der Waals surface area contributed by atoms with Crippen molar-refractivity contribution in [3.8, 4) is 0 Å². The molecule has 1 aliphatic heterocycles. The Morgan fingerprint density at radius 2 is 2.03 bits per heavy atom. The summed E-state index contributed by atoms with van der Waals surface area (Å²) in [5.74, 6) is -1.77. The van der Waals surface area contributed by atoms with E-state index in [0.29, 0.717) is 17.7 Å². The van der Waals surface area contributed by atoms with E-state index >= 15 is 0 Å². The lowest BCUT2D eigenvalue weighted by Crippen LogP contribution is -2.35. The average molecular weight is 470 g/mol. The van der Waals surface area contributed by atoms with Crippen LogP contribution in [0.3, 0.4) is 0 Å².